The Bertz CT molecular complexity index is 244. The third-order valence-electron chi connectivity index (χ3n) is 3.78. The largest absolute Gasteiger partial charge is 0.356 e. The van der Waals surface area contributed by atoms with Crippen LogP contribution >= 0.6 is 0 Å². The zero-order valence-electron chi connectivity index (χ0n) is 9.81. The van der Waals surface area contributed by atoms with E-state index in [1.807, 2.05) is 0 Å². The maximum Gasteiger partial charge on any atom is 0.223 e. The Labute approximate surface area is 92.0 Å². The fraction of sp³-hybridized carbons (Fsp3) is 0.917. The van der Waals surface area contributed by atoms with E-state index in [0.29, 0.717) is 6.04 Å². The van der Waals surface area contributed by atoms with E-state index in [1.165, 1.54) is 12.8 Å². The van der Waals surface area contributed by atoms with Crippen molar-refractivity contribution in [2.45, 2.75) is 45.6 Å². The Morgan fingerprint density at radius 2 is 2.27 bits per heavy atom. The summed E-state index contributed by atoms with van der Waals surface area (Å²) < 4.78 is 0. The van der Waals surface area contributed by atoms with Crippen molar-refractivity contribution in [1.82, 2.24) is 10.6 Å². The second-order valence-electron chi connectivity index (χ2n) is 5.62. The molecule has 1 heterocycles. The Morgan fingerprint density at radius 3 is 2.80 bits per heavy atom. The molecular weight excluding hydrogens is 188 g/mol. The van der Waals surface area contributed by atoms with E-state index in [4.69, 9.17) is 0 Å². The lowest BCUT2D eigenvalue weighted by Crippen LogP contribution is -2.32. The number of rotatable bonds is 4. The average Bonchev–Trinajstić information content (AvgIpc) is 2.65. The topological polar surface area (TPSA) is 41.1 Å². The van der Waals surface area contributed by atoms with Crippen LogP contribution < -0.4 is 10.6 Å². The lowest BCUT2D eigenvalue weighted by Gasteiger charge is -2.11. The van der Waals surface area contributed by atoms with Crippen LogP contribution in [0.5, 0.6) is 0 Å². The summed E-state index contributed by atoms with van der Waals surface area (Å²) in [7, 11) is 0. The number of nitrogens with one attached hydrogen (secondary N) is 2. The fourth-order valence-corrected chi connectivity index (χ4v) is 2.41. The lowest BCUT2D eigenvalue weighted by atomic mass is 10.1. The zero-order valence-corrected chi connectivity index (χ0v) is 9.81. The van der Waals surface area contributed by atoms with Gasteiger partial charge in [-0.15, -0.1) is 0 Å². The van der Waals surface area contributed by atoms with Crippen molar-refractivity contribution in [3.05, 3.63) is 0 Å². The van der Waals surface area contributed by atoms with Crippen molar-refractivity contribution in [2.24, 2.45) is 11.3 Å². The third-order valence-corrected chi connectivity index (χ3v) is 3.78. The maximum atomic E-state index is 11.7. The molecular formula is C12H22N2O. The molecule has 0 spiro atoms. The van der Waals surface area contributed by atoms with Crippen molar-refractivity contribution in [2.75, 3.05) is 13.1 Å². The van der Waals surface area contributed by atoms with Gasteiger partial charge in [0.1, 0.15) is 0 Å². The summed E-state index contributed by atoms with van der Waals surface area (Å²) in [6.45, 7) is 6.31. The summed E-state index contributed by atoms with van der Waals surface area (Å²) in [5, 5.41) is 6.49. The predicted molar refractivity (Wildman–Crippen MR) is 60.5 cm³/mol. The van der Waals surface area contributed by atoms with Gasteiger partial charge in [-0.3, -0.25) is 4.79 Å². The summed E-state index contributed by atoms with van der Waals surface area (Å²) in [6, 6.07) is 0.637. The number of hydrogen-bond acceptors (Lipinski definition) is 2. The molecule has 2 unspecified atom stereocenters. The van der Waals surface area contributed by atoms with Gasteiger partial charge in [0.25, 0.3) is 0 Å². The normalized spacial score (nSPS) is 32.7. The van der Waals surface area contributed by atoms with Crippen LogP contribution in [-0.2, 0) is 4.79 Å². The molecule has 0 aromatic carbocycles. The first kappa shape index (κ1) is 10.9. The van der Waals surface area contributed by atoms with Gasteiger partial charge in [-0.25, -0.2) is 0 Å². The SMILES string of the molecule is CC1(C)CC1C(=O)NCCC1CCCN1. The summed E-state index contributed by atoms with van der Waals surface area (Å²) in [4.78, 5) is 11.7. The minimum Gasteiger partial charge on any atom is -0.356 e. The molecule has 2 aliphatic rings. The minimum absolute atomic E-state index is 0.260. The van der Waals surface area contributed by atoms with E-state index in [2.05, 4.69) is 24.5 Å². The highest BCUT2D eigenvalue weighted by molar-refractivity contribution is 5.82. The van der Waals surface area contributed by atoms with E-state index in [9.17, 15) is 4.79 Å². The highest BCUT2D eigenvalue weighted by Crippen LogP contribution is 2.51. The van der Waals surface area contributed by atoms with Gasteiger partial charge in [-0.1, -0.05) is 13.8 Å². The molecule has 2 N–H and O–H groups in total. The van der Waals surface area contributed by atoms with Gasteiger partial charge in [-0.2, -0.15) is 0 Å². The molecule has 86 valence electrons. The molecule has 2 atom stereocenters. The van der Waals surface area contributed by atoms with Crippen LogP contribution in [0.4, 0.5) is 0 Å². The molecule has 0 radical (unpaired) electrons. The molecule has 0 aromatic heterocycles. The highest BCUT2D eigenvalue weighted by atomic mass is 16.2. The monoisotopic (exact) mass is 210 g/mol. The van der Waals surface area contributed by atoms with Crippen molar-refractivity contribution < 1.29 is 4.79 Å². The third kappa shape index (κ3) is 2.71. The van der Waals surface area contributed by atoms with Gasteiger partial charge in [0, 0.05) is 18.5 Å². The molecule has 1 aliphatic heterocycles. The lowest BCUT2D eigenvalue weighted by molar-refractivity contribution is -0.122. The molecule has 1 aliphatic carbocycles. The highest BCUT2D eigenvalue weighted by Gasteiger charge is 2.50. The fourth-order valence-electron chi connectivity index (χ4n) is 2.41. The van der Waals surface area contributed by atoms with Crippen molar-refractivity contribution in [1.29, 1.82) is 0 Å². The van der Waals surface area contributed by atoms with E-state index in [1.54, 1.807) is 0 Å². The summed E-state index contributed by atoms with van der Waals surface area (Å²) >= 11 is 0. The number of carbonyl (C=O) groups excluding carboxylic acids is 1. The number of hydrogen-bond donors (Lipinski definition) is 2. The van der Waals surface area contributed by atoms with Crippen LogP contribution in [0.1, 0.15) is 39.5 Å². The van der Waals surface area contributed by atoms with Crippen LogP contribution in [0.25, 0.3) is 0 Å². The standard InChI is InChI=1S/C12H22N2O/c1-12(2)8-10(12)11(15)14-7-5-9-4-3-6-13-9/h9-10,13H,3-8H2,1-2H3,(H,14,15). The van der Waals surface area contributed by atoms with E-state index in [0.717, 1.165) is 25.9 Å². The van der Waals surface area contributed by atoms with Crippen molar-refractivity contribution >= 4 is 5.91 Å². The summed E-state index contributed by atoms with van der Waals surface area (Å²) in [5.41, 5.74) is 0.260. The summed E-state index contributed by atoms with van der Waals surface area (Å²) in [6.07, 6.45) is 4.69. The quantitative estimate of drug-likeness (QED) is 0.734. The van der Waals surface area contributed by atoms with Gasteiger partial charge >= 0.3 is 0 Å². The Kier molecular flexibility index (Phi) is 3.01. The molecule has 1 saturated carbocycles. The molecule has 1 saturated heterocycles. The minimum atomic E-state index is 0.260. The smallest absolute Gasteiger partial charge is 0.223 e. The van der Waals surface area contributed by atoms with Crippen LogP contribution in [0.3, 0.4) is 0 Å². The van der Waals surface area contributed by atoms with Crippen LogP contribution in [-0.4, -0.2) is 25.0 Å². The molecule has 15 heavy (non-hydrogen) atoms. The predicted octanol–water partition coefficient (Wildman–Crippen LogP) is 1.29. The van der Waals surface area contributed by atoms with Gasteiger partial charge in [-0.05, 0) is 37.6 Å². The molecule has 3 nitrogen and oxygen atoms in total. The molecule has 2 fully saturated rings. The van der Waals surface area contributed by atoms with Gasteiger partial charge in [0.05, 0.1) is 0 Å². The Hall–Kier alpha value is -0.570. The molecule has 3 heteroatoms. The number of amides is 1. The first-order valence-corrected chi connectivity index (χ1v) is 6.11. The maximum absolute atomic E-state index is 11.7. The van der Waals surface area contributed by atoms with Crippen molar-refractivity contribution in [3.8, 4) is 0 Å². The van der Waals surface area contributed by atoms with Crippen LogP contribution in [0, 0.1) is 11.3 Å². The van der Waals surface area contributed by atoms with Crippen LogP contribution in [0.15, 0.2) is 0 Å². The molecule has 0 bridgehead atoms. The second-order valence-corrected chi connectivity index (χ2v) is 5.62. The molecule has 2 rings (SSSR count). The van der Waals surface area contributed by atoms with Crippen molar-refractivity contribution in [3.63, 3.8) is 0 Å². The molecule has 1 amide bonds. The van der Waals surface area contributed by atoms with Gasteiger partial charge < -0.3 is 10.6 Å². The zero-order chi connectivity index (χ0) is 10.9. The Balaban J connectivity index is 1.60. The van der Waals surface area contributed by atoms with Gasteiger partial charge in [0.15, 0.2) is 0 Å². The first-order valence-electron chi connectivity index (χ1n) is 6.11. The summed E-state index contributed by atoms with van der Waals surface area (Å²) in [5.74, 6) is 0.534. The second kappa shape index (κ2) is 4.12. The van der Waals surface area contributed by atoms with E-state index >= 15 is 0 Å². The van der Waals surface area contributed by atoms with Gasteiger partial charge in [0.2, 0.25) is 5.91 Å². The molecule has 0 aromatic rings. The van der Waals surface area contributed by atoms with E-state index in [-0.39, 0.29) is 17.2 Å². The van der Waals surface area contributed by atoms with Crippen LogP contribution in [0.2, 0.25) is 0 Å². The van der Waals surface area contributed by atoms with E-state index < -0.39 is 0 Å². The average molecular weight is 210 g/mol. The number of carbonyl (C=O) groups is 1. The Morgan fingerprint density at radius 1 is 1.53 bits per heavy atom. The first-order chi connectivity index (χ1) is 7.09.